The summed E-state index contributed by atoms with van der Waals surface area (Å²) in [6, 6.07) is 10.3. The van der Waals surface area contributed by atoms with Crippen molar-refractivity contribution in [3.05, 3.63) is 35.9 Å². The molecule has 1 atom stereocenters. The van der Waals surface area contributed by atoms with Crippen LogP contribution < -0.4 is 10.6 Å². The molecule has 0 amide bonds. The zero-order chi connectivity index (χ0) is 13.9. The average Bonchev–Trinajstić information content (AvgIpc) is 2.99. The minimum absolute atomic E-state index is 0.328. The Morgan fingerprint density at radius 2 is 2.25 bits per heavy atom. The number of hydrogen-bond acceptors (Lipinski definition) is 4. The summed E-state index contributed by atoms with van der Waals surface area (Å²) in [6.45, 7) is 2.30. The summed E-state index contributed by atoms with van der Waals surface area (Å²) >= 11 is 0. The first-order valence-electron chi connectivity index (χ1n) is 7.19. The Morgan fingerprint density at radius 3 is 3.00 bits per heavy atom. The van der Waals surface area contributed by atoms with Gasteiger partial charge in [-0.25, -0.2) is 4.98 Å². The molecule has 1 aliphatic heterocycles. The zero-order valence-electron chi connectivity index (χ0n) is 11.9. The van der Waals surface area contributed by atoms with E-state index in [1.54, 1.807) is 0 Å². The summed E-state index contributed by atoms with van der Waals surface area (Å²) < 4.78 is 5.69. The Morgan fingerprint density at radius 1 is 1.40 bits per heavy atom. The number of nitrogens with two attached hydrogens (primary N) is 1. The molecule has 106 valence electrons. The highest BCUT2D eigenvalue weighted by Crippen LogP contribution is 2.23. The monoisotopic (exact) mass is 271 g/mol. The third kappa shape index (κ3) is 2.62. The number of fused-ring (bicyclic) bond motifs is 1. The molecule has 1 aromatic carbocycles. The number of benzene rings is 1. The largest absolute Gasteiger partial charge is 0.376 e. The van der Waals surface area contributed by atoms with Crippen molar-refractivity contribution in [2.45, 2.75) is 25.5 Å². The predicted octanol–water partition coefficient (Wildman–Crippen LogP) is 2.31. The average molecular weight is 271 g/mol. The molecule has 0 spiro atoms. The van der Waals surface area contributed by atoms with Gasteiger partial charge >= 0.3 is 0 Å². The van der Waals surface area contributed by atoms with E-state index >= 15 is 0 Å². The molecule has 0 aliphatic carbocycles. The van der Waals surface area contributed by atoms with Gasteiger partial charge in [-0.1, -0.05) is 18.2 Å². The number of pyridine rings is 1. The molecule has 0 bridgehead atoms. The quantitative estimate of drug-likeness (QED) is 0.927. The Kier molecular flexibility index (Phi) is 3.85. The molecular formula is C16H21N3O. The van der Waals surface area contributed by atoms with Gasteiger partial charge in [0.15, 0.2) is 0 Å². The fourth-order valence-electron chi connectivity index (χ4n) is 2.78. The van der Waals surface area contributed by atoms with Crippen LogP contribution in [-0.4, -0.2) is 31.3 Å². The Hall–Kier alpha value is -1.65. The minimum Gasteiger partial charge on any atom is -0.376 e. The van der Waals surface area contributed by atoms with Crippen LogP contribution in [0.3, 0.4) is 0 Å². The van der Waals surface area contributed by atoms with Gasteiger partial charge in [-0.3, -0.25) is 0 Å². The van der Waals surface area contributed by atoms with Gasteiger partial charge in [-0.05, 0) is 30.5 Å². The highest BCUT2D eigenvalue weighted by molar-refractivity contribution is 5.84. The second-order valence-corrected chi connectivity index (χ2v) is 5.38. The molecule has 2 aromatic rings. The van der Waals surface area contributed by atoms with Gasteiger partial charge in [0.2, 0.25) is 0 Å². The van der Waals surface area contributed by atoms with Gasteiger partial charge < -0.3 is 15.4 Å². The lowest BCUT2D eigenvalue weighted by Gasteiger charge is -2.22. The number of para-hydroxylation sites is 1. The molecule has 1 unspecified atom stereocenters. The maximum atomic E-state index is 5.88. The number of anilines is 1. The standard InChI is InChI=1S/C16H21N3O/c1-19(11-13-5-4-8-20-13)16-9-12(10-17)14-6-2-3-7-15(14)18-16/h2-3,6-7,9,13H,4-5,8,10-11,17H2,1H3. The number of nitrogens with zero attached hydrogens (tertiary/aromatic N) is 2. The first kappa shape index (κ1) is 13.3. The Balaban J connectivity index is 1.90. The summed E-state index contributed by atoms with van der Waals surface area (Å²) in [5.41, 5.74) is 8.03. The van der Waals surface area contributed by atoms with Crippen molar-refractivity contribution in [3.8, 4) is 0 Å². The van der Waals surface area contributed by atoms with E-state index in [9.17, 15) is 0 Å². The molecule has 1 fully saturated rings. The molecular weight excluding hydrogens is 250 g/mol. The molecule has 0 radical (unpaired) electrons. The number of aromatic nitrogens is 1. The van der Waals surface area contributed by atoms with Gasteiger partial charge in [0.05, 0.1) is 11.6 Å². The van der Waals surface area contributed by atoms with Crippen LogP contribution in [0, 0.1) is 0 Å². The van der Waals surface area contributed by atoms with Crippen molar-refractivity contribution in [2.75, 3.05) is 25.1 Å². The summed E-state index contributed by atoms with van der Waals surface area (Å²) in [5, 5.41) is 1.14. The lowest BCUT2D eigenvalue weighted by Crippen LogP contribution is -2.29. The normalized spacial score (nSPS) is 18.6. The third-order valence-corrected chi connectivity index (χ3v) is 3.90. The topological polar surface area (TPSA) is 51.4 Å². The second-order valence-electron chi connectivity index (χ2n) is 5.38. The van der Waals surface area contributed by atoms with E-state index in [1.165, 1.54) is 0 Å². The van der Waals surface area contributed by atoms with Crippen LogP contribution in [0.4, 0.5) is 5.82 Å². The molecule has 1 aromatic heterocycles. The third-order valence-electron chi connectivity index (χ3n) is 3.90. The minimum atomic E-state index is 0.328. The van der Waals surface area contributed by atoms with Gasteiger partial charge in [0, 0.05) is 32.1 Å². The van der Waals surface area contributed by atoms with Crippen molar-refractivity contribution in [2.24, 2.45) is 5.73 Å². The summed E-state index contributed by atoms with van der Waals surface area (Å²) in [7, 11) is 2.07. The summed E-state index contributed by atoms with van der Waals surface area (Å²) in [5.74, 6) is 0.972. The van der Waals surface area contributed by atoms with Crippen LogP contribution in [-0.2, 0) is 11.3 Å². The van der Waals surface area contributed by atoms with E-state index in [-0.39, 0.29) is 0 Å². The smallest absolute Gasteiger partial charge is 0.129 e. The molecule has 2 heterocycles. The molecule has 2 N–H and O–H groups in total. The molecule has 20 heavy (non-hydrogen) atoms. The number of rotatable bonds is 4. The number of likely N-dealkylation sites (N-methyl/N-ethyl adjacent to an activating group) is 1. The molecule has 0 saturated carbocycles. The van der Waals surface area contributed by atoms with Gasteiger partial charge in [0.25, 0.3) is 0 Å². The Bertz CT molecular complexity index is 593. The zero-order valence-corrected chi connectivity index (χ0v) is 11.9. The van der Waals surface area contributed by atoms with E-state index in [1.807, 2.05) is 18.2 Å². The van der Waals surface area contributed by atoms with Crippen LogP contribution in [0.5, 0.6) is 0 Å². The van der Waals surface area contributed by atoms with E-state index in [0.717, 1.165) is 48.3 Å². The SMILES string of the molecule is CN(CC1CCCO1)c1cc(CN)c2ccccc2n1. The van der Waals surface area contributed by atoms with Crippen molar-refractivity contribution in [1.29, 1.82) is 0 Å². The van der Waals surface area contributed by atoms with Crippen LogP contribution in [0.15, 0.2) is 30.3 Å². The van der Waals surface area contributed by atoms with Crippen LogP contribution in [0.2, 0.25) is 0 Å². The van der Waals surface area contributed by atoms with Gasteiger partial charge in [-0.15, -0.1) is 0 Å². The maximum Gasteiger partial charge on any atom is 0.129 e. The molecule has 1 aliphatic rings. The highest BCUT2D eigenvalue weighted by atomic mass is 16.5. The first-order valence-corrected chi connectivity index (χ1v) is 7.19. The second kappa shape index (κ2) is 5.77. The van der Waals surface area contributed by atoms with Crippen molar-refractivity contribution < 1.29 is 4.74 Å². The first-order chi connectivity index (χ1) is 9.78. The lowest BCUT2D eigenvalue weighted by molar-refractivity contribution is 0.116. The fourth-order valence-corrected chi connectivity index (χ4v) is 2.78. The van der Waals surface area contributed by atoms with Crippen LogP contribution in [0.25, 0.3) is 10.9 Å². The molecule has 4 nitrogen and oxygen atoms in total. The van der Waals surface area contributed by atoms with E-state index in [0.29, 0.717) is 12.6 Å². The Labute approximate surface area is 119 Å². The van der Waals surface area contributed by atoms with Crippen LogP contribution >= 0.6 is 0 Å². The highest BCUT2D eigenvalue weighted by Gasteiger charge is 2.18. The predicted molar refractivity (Wildman–Crippen MR) is 81.9 cm³/mol. The summed E-state index contributed by atoms with van der Waals surface area (Å²) in [4.78, 5) is 6.91. The van der Waals surface area contributed by atoms with Gasteiger partial charge in [0.1, 0.15) is 5.82 Å². The molecule has 4 heteroatoms. The van der Waals surface area contributed by atoms with E-state index in [2.05, 4.69) is 24.1 Å². The summed E-state index contributed by atoms with van der Waals surface area (Å²) in [6.07, 6.45) is 2.63. The molecule has 3 rings (SSSR count). The van der Waals surface area contributed by atoms with E-state index < -0.39 is 0 Å². The van der Waals surface area contributed by atoms with Gasteiger partial charge in [-0.2, -0.15) is 0 Å². The van der Waals surface area contributed by atoms with Crippen LogP contribution in [0.1, 0.15) is 18.4 Å². The van der Waals surface area contributed by atoms with Crippen molar-refractivity contribution >= 4 is 16.7 Å². The number of ether oxygens (including phenoxy) is 1. The van der Waals surface area contributed by atoms with Crippen molar-refractivity contribution in [1.82, 2.24) is 4.98 Å². The lowest BCUT2D eigenvalue weighted by atomic mass is 10.1. The maximum absolute atomic E-state index is 5.88. The van der Waals surface area contributed by atoms with E-state index in [4.69, 9.17) is 15.5 Å². The fraction of sp³-hybridized carbons (Fsp3) is 0.438. The number of hydrogen-bond donors (Lipinski definition) is 1. The van der Waals surface area contributed by atoms with Crippen molar-refractivity contribution in [3.63, 3.8) is 0 Å². The molecule has 1 saturated heterocycles.